The first kappa shape index (κ1) is 16.4. The summed E-state index contributed by atoms with van der Waals surface area (Å²) in [5.41, 5.74) is 0. The average Bonchev–Trinajstić information content (AvgIpc) is 2.93. The van der Waals surface area contributed by atoms with E-state index in [1.165, 1.54) is 10.4 Å². The fourth-order valence-corrected chi connectivity index (χ4v) is 4.23. The third-order valence-corrected chi connectivity index (χ3v) is 5.83. The van der Waals surface area contributed by atoms with Crippen molar-refractivity contribution in [2.24, 2.45) is 0 Å². The molecule has 0 radical (unpaired) electrons. The summed E-state index contributed by atoms with van der Waals surface area (Å²) in [7, 11) is -3.50. The predicted octanol–water partition coefficient (Wildman–Crippen LogP) is 1.54. The minimum Gasteiger partial charge on any atom is -0.340 e. The molecule has 0 atom stereocenters. The molecular formula is C14H17ClN4O3S. The largest absolute Gasteiger partial charge is 0.340 e. The van der Waals surface area contributed by atoms with Crippen molar-refractivity contribution in [2.75, 3.05) is 26.2 Å². The average molecular weight is 357 g/mol. The molecule has 1 saturated heterocycles. The van der Waals surface area contributed by atoms with Gasteiger partial charge in [0.2, 0.25) is 15.9 Å². The van der Waals surface area contributed by atoms with E-state index in [1.807, 2.05) is 0 Å². The van der Waals surface area contributed by atoms with Gasteiger partial charge in [-0.2, -0.15) is 9.29 Å². The van der Waals surface area contributed by atoms with Crippen LogP contribution < -0.4 is 0 Å². The highest BCUT2D eigenvalue weighted by Gasteiger charge is 2.29. The molecule has 0 spiro atoms. The number of halogens is 1. The van der Waals surface area contributed by atoms with E-state index in [0.29, 0.717) is 49.5 Å². The summed E-state index contributed by atoms with van der Waals surface area (Å²) in [6.07, 6.45) is 0. The van der Waals surface area contributed by atoms with Crippen molar-refractivity contribution < 1.29 is 12.9 Å². The summed E-state index contributed by atoms with van der Waals surface area (Å²) in [5.74, 6) is 1.15. The maximum Gasteiger partial charge on any atom is 0.243 e. The molecule has 1 aliphatic heterocycles. The Morgan fingerprint density at radius 3 is 2.61 bits per heavy atom. The zero-order valence-electron chi connectivity index (χ0n) is 12.6. The molecule has 124 valence electrons. The van der Waals surface area contributed by atoms with Crippen molar-refractivity contribution in [3.05, 3.63) is 41.0 Å². The second-order valence-electron chi connectivity index (χ2n) is 5.37. The molecule has 1 fully saturated rings. The van der Waals surface area contributed by atoms with Crippen LogP contribution in [-0.2, 0) is 16.6 Å². The van der Waals surface area contributed by atoms with Gasteiger partial charge in [0.05, 0.1) is 11.4 Å². The van der Waals surface area contributed by atoms with Crippen LogP contribution in [0.4, 0.5) is 0 Å². The van der Waals surface area contributed by atoms with E-state index < -0.39 is 10.0 Å². The molecule has 2 heterocycles. The van der Waals surface area contributed by atoms with Gasteiger partial charge in [0.25, 0.3) is 0 Å². The summed E-state index contributed by atoms with van der Waals surface area (Å²) in [4.78, 5) is 6.50. The van der Waals surface area contributed by atoms with Gasteiger partial charge in [-0.25, -0.2) is 8.42 Å². The summed E-state index contributed by atoms with van der Waals surface area (Å²) >= 11 is 5.89. The Hall–Kier alpha value is -1.48. The monoisotopic (exact) mass is 356 g/mol. The van der Waals surface area contributed by atoms with Crippen molar-refractivity contribution in [3.8, 4) is 0 Å². The normalized spacial score (nSPS) is 17.5. The van der Waals surface area contributed by atoms with E-state index in [2.05, 4.69) is 15.0 Å². The second kappa shape index (κ2) is 6.56. The van der Waals surface area contributed by atoms with E-state index in [0.717, 1.165) is 0 Å². The van der Waals surface area contributed by atoms with Crippen molar-refractivity contribution in [1.29, 1.82) is 0 Å². The minimum absolute atomic E-state index is 0.229. The third-order valence-electron chi connectivity index (χ3n) is 3.70. The highest BCUT2D eigenvalue weighted by molar-refractivity contribution is 7.89. The number of aromatic nitrogens is 2. The van der Waals surface area contributed by atoms with Gasteiger partial charge in [-0.3, -0.25) is 4.90 Å². The topological polar surface area (TPSA) is 79.5 Å². The molecule has 2 aromatic rings. The lowest BCUT2D eigenvalue weighted by molar-refractivity contribution is 0.176. The molecule has 23 heavy (non-hydrogen) atoms. The maximum absolute atomic E-state index is 12.6. The Labute approximate surface area is 139 Å². The smallest absolute Gasteiger partial charge is 0.243 e. The van der Waals surface area contributed by atoms with E-state index >= 15 is 0 Å². The van der Waals surface area contributed by atoms with E-state index in [4.69, 9.17) is 16.1 Å². The first-order valence-corrected chi connectivity index (χ1v) is 9.04. The highest BCUT2D eigenvalue weighted by Crippen LogP contribution is 2.21. The van der Waals surface area contributed by atoms with Gasteiger partial charge in [0.1, 0.15) is 0 Å². The van der Waals surface area contributed by atoms with Crippen LogP contribution >= 0.6 is 11.6 Å². The molecule has 0 bridgehead atoms. The zero-order chi connectivity index (χ0) is 16.4. The van der Waals surface area contributed by atoms with Crippen molar-refractivity contribution in [2.45, 2.75) is 18.4 Å². The number of sulfonamides is 1. The lowest BCUT2D eigenvalue weighted by Gasteiger charge is -2.33. The summed E-state index contributed by atoms with van der Waals surface area (Å²) < 4.78 is 31.7. The first-order chi connectivity index (χ1) is 10.9. The van der Waals surface area contributed by atoms with Gasteiger partial charge in [-0.05, 0) is 18.2 Å². The van der Waals surface area contributed by atoms with E-state index in [-0.39, 0.29) is 4.90 Å². The molecule has 7 nitrogen and oxygen atoms in total. The zero-order valence-corrected chi connectivity index (χ0v) is 14.2. The second-order valence-corrected chi connectivity index (χ2v) is 7.74. The van der Waals surface area contributed by atoms with Crippen molar-refractivity contribution >= 4 is 21.6 Å². The van der Waals surface area contributed by atoms with Crippen molar-refractivity contribution in [3.63, 3.8) is 0 Å². The van der Waals surface area contributed by atoms with E-state index in [1.54, 1.807) is 25.1 Å². The number of rotatable bonds is 4. The molecule has 0 saturated carbocycles. The number of piperazine rings is 1. The van der Waals surface area contributed by atoms with Crippen LogP contribution in [0.3, 0.4) is 0 Å². The molecule has 9 heteroatoms. The molecular weight excluding hydrogens is 340 g/mol. The lowest BCUT2D eigenvalue weighted by atomic mass is 10.3. The summed E-state index contributed by atoms with van der Waals surface area (Å²) in [6.45, 7) is 4.38. The highest BCUT2D eigenvalue weighted by atomic mass is 35.5. The number of hydrogen-bond acceptors (Lipinski definition) is 6. The van der Waals surface area contributed by atoms with Gasteiger partial charge in [0.15, 0.2) is 5.82 Å². The summed E-state index contributed by atoms with van der Waals surface area (Å²) in [6, 6.07) is 6.34. The molecule has 0 unspecified atom stereocenters. The fraction of sp³-hybridized carbons (Fsp3) is 0.429. The SMILES string of the molecule is Cc1nc(CN2CCN(S(=O)(=O)c3cccc(Cl)c3)CC2)no1. The summed E-state index contributed by atoms with van der Waals surface area (Å²) in [5, 5.41) is 4.27. The van der Waals surface area contributed by atoms with Gasteiger partial charge in [-0.1, -0.05) is 22.8 Å². The number of aryl methyl sites for hydroxylation is 1. The maximum atomic E-state index is 12.6. The first-order valence-electron chi connectivity index (χ1n) is 7.22. The van der Waals surface area contributed by atoms with Crippen LogP contribution in [0.25, 0.3) is 0 Å². The van der Waals surface area contributed by atoms with Crippen LogP contribution in [0.2, 0.25) is 5.02 Å². The van der Waals surface area contributed by atoms with Gasteiger partial charge >= 0.3 is 0 Å². The van der Waals surface area contributed by atoms with Gasteiger partial charge < -0.3 is 4.52 Å². The van der Waals surface area contributed by atoms with E-state index in [9.17, 15) is 8.42 Å². The number of hydrogen-bond donors (Lipinski definition) is 0. The fourth-order valence-electron chi connectivity index (χ4n) is 2.51. The van der Waals surface area contributed by atoms with Crippen LogP contribution in [0.5, 0.6) is 0 Å². The van der Waals surface area contributed by atoms with Gasteiger partial charge in [0, 0.05) is 38.1 Å². The van der Waals surface area contributed by atoms with Crippen LogP contribution in [-0.4, -0.2) is 53.9 Å². The quantitative estimate of drug-likeness (QED) is 0.826. The Kier molecular flexibility index (Phi) is 4.67. The number of benzene rings is 1. The molecule has 0 aliphatic carbocycles. The van der Waals surface area contributed by atoms with Crippen LogP contribution in [0.1, 0.15) is 11.7 Å². The molecule has 0 N–H and O–H groups in total. The number of nitrogens with zero attached hydrogens (tertiary/aromatic N) is 4. The molecule has 1 aromatic carbocycles. The van der Waals surface area contributed by atoms with Gasteiger partial charge in [-0.15, -0.1) is 0 Å². The minimum atomic E-state index is -3.50. The Morgan fingerprint density at radius 1 is 1.26 bits per heavy atom. The molecule has 1 aromatic heterocycles. The van der Waals surface area contributed by atoms with Crippen LogP contribution in [0, 0.1) is 6.92 Å². The predicted molar refractivity (Wildman–Crippen MR) is 84.5 cm³/mol. The Morgan fingerprint density at radius 2 is 2.00 bits per heavy atom. The standard InChI is InChI=1S/C14H17ClN4O3S/c1-11-16-14(17-22-11)10-18-5-7-19(8-6-18)23(20,21)13-4-2-3-12(15)9-13/h2-4,9H,5-8,10H2,1H3. The van der Waals surface area contributed by atoms with Crippen LogP contribution in [0.15, 0.2) is 33.7 Å². The third kappa shape index (κ3) is 3.72. The molecule has 0 amide bonds. The Balaban J connectivity index is 1.64. The molecule has 3 rings (SSSR count). The lowest BCUT2D eigenvalue weighted by Crippen LogP contribution is -2.48. The Bertz CT molecular complexity index is 785. The molecule has 1 aliphatic rings. The van der Waals surface area contributed by atoms with Crippen molar-refractivity contribution in [1.82, 2.24) is 19.3 Å².